The van der Waals surface area contributed by atoms with E-state index in [2.05, 4.69) is 4.90 Å². The second-order valence-corrected chi connectivity index (χ2v) is 6.95. The molecule has 0 aliphatic carbocycles. The number of aromatic carboxylic acids is 1. The topological polar surface area (TPSA) is 77.9 Å². The Bertz CT molecular complexity index is 615. The van der Waals surface area contributed by atoms with Crippen LogP contribution in [0.15, 0.2) is 29.2 Å². The fourth-order valence-corrected chi connectivity index (χ4v) is 4.06. The van der Waals surface area contributed by atoms with E-state index in [4.69, 9.17) is 5.11 Å². The molecule has 1 aromatic carbocycles. The molecule has 1 aromatic rings. The first-order valence-electron chi connectivity index (χ1n) is 6.36. The van der Waals surface area contributed by atoms with E-state index >= 15 is 0 Å². The van der Waals surface area contributed by atoms with Crippen LogP contribution in [0.1, 0.15) is 17.3 Å². The Kier molecular flexibility index (Phi) is 4.12. The highest BCUT2D eigenvalue weighted by molar-refractivity contribution is 7.89. The Morgan fingerprint density at radius 3 is 2.65 bits per heavy atom. The highest BCUT2D eigenvalue weighted by Gasteiger charge is 2.32. The molecule has 0 spiro atoms. The van der Waals surface area contributed by atoms with Gasteiger partial charge in [-0.2, -0.15) is 4.31 Å². The zero-order chi connectivity index (χ0) is 14.9. The molecule has 1 heterocycles. The smallest absolute Gasteiger partial charge is 0.335 e. The number of hydrogen-bond acceptors (Lipinski definition) is 4. The molecule has 0 saturated carbocycles. The van der Waals surface area contributed by atoms with Gasteiger partial charge in [-0.1, -0.05) is 6.07 Å². The Balaban J connectivity index is 2.35. The third-order valence-electron chi connectivity index (χ3n) is 3.46. The predicted molar refractivity (Wildman–Crippen MR) is 74.3 cm³/mol. The van der Waals surface area contributed by atoms with Crippen molar-refractivity contribution in [3.63, 3.8) is 0 Å². The van der Waals surface area contributed by atoms with Crippen LogP contribution >= 0.6 is 0 Å². The van der Waals surface area contributed by atoms with Gasteiger partial charge in [-0.15, -0.1) is 0 Å². The van der Waals surface area contributed by atoms with Crippen molar-refractivity contribution in [2.45, 2.75) is 17.9 Å². The van der Waals surface area contributed by atoms with Crippen LogP contribution in [0, 0.1) is 0 Å². The van der Waals surface area contributed by atoms with Gasteiger partial charge in [0.2, 0.25) is 10.0 Å². The number of carboxylic acids is 1. The van der Waals surface area contributed by atoms with E-state index in [0.29, 0.717) is 19.6 Å². The van der Waals surface area contributed by atoms with Gasteiger partial charge in [-0.25, -0.2) is 13.2 Å². The van der Waals surface area contributed by atoms with Crippen LogP contribution in [-0.4, -0.2) is 61.4 Å². The second-order valence-electron chi connectivity index (χ2n) is 5.06. The van der Waals surface area contributed by atoms with E-state index in [9.17, 15) is 13.2 Å². The third-order valence-corrected chi connectivity index (χ3v) is 5.47. The van der Waals surface area contributed by atoms with Crippen LogP contribution < -0.4 is 0 Å². The summed E-state index contributed by atoms with van der Waals surface area (Å²) in [5, 5.41) is 8.96. The van der Waals surface area contributed by atoms with Crippen LogP contribution in [0.25, 0.3) is 0 Å². The average molecular weight is 298 g/mol. The van der Waals surface area contributed by atoms with Crippen molar-refractivity contribution in [2.24, 2.45) is 0 Å². The summed E-state index contributed by atoms with van der Waals surface area (Å²) in [7, 11) is -1.70. The van der Waals surface area contributed by atoms with Crippen LogP contribution in [-0.2, 0) is 10.0 Å². The van der Waals surface area contributed by atoms with Gasteiger partial charge in [0, 0.05) is 25.7 Å². The minimum Gasteiger partial charge on any atom is -0.478 e. The summed E-state index contributed by atoms with van der Waals surface area (Å²) >= 11 is 0. The Morgan fingerprint density at radius 1 is 1.35 bits per heavy atom. The maximum absolute atomic E-state index is 12.6. The largest absolute Gasteiger partial charge is 0.478 e. The summed E-state index contributed by atoms with van der Waals surface area (Å²) in [5.41, 5.74) is -0.0205. The third kappa shape index (κ3) is 2.84. The van der Waals surface area contributed by atoms with E-state index < -0.39 is 16.0 Å². The lowest BCUT2D eigenvalue weighted by molar-refractivity contribution is 0.0696. The minimum absolute atomic E-state index is 0.0205. The lowest BCUT2D eigenvalue weighted by atomic mass is 10.2. The Morgan fingerprint density at radius 2 is 2.05 bits per heavy atom. The molecule has 6 nitrogen and oxygen atoms in total. The molecule has 20 heavy (non-hydrogen) atoms. The van der Waals surface area contributed by atoms with E-state index in [-0.39, 0.29) is 16.5 Å². The Labute approximate surface area is 118 Å². The van der Waals surface area contributed by atoms with Gasteiger partial charge in [-0.3, -0.25) is 0 Å². The molecular weight excluding hydrogens is 280 g/mol. The van der Waals surface area contributed by atoms with Crippen molar-refractivity contribution in [1.29, 1.82) is 0 Å². The van der Waals surface area contributed by atoms with Gasteiger partial charge in [0.15, 0.2) is 0 Å². The van der Waals surface area contributed by atoms with E-state index in [0.717, 1.165) is 0 Å². The molecule has 0 bridgehead atoms. The number of nitrogens with zero attached hydrogens (tertiary/aromatic N) is 2. The fraction of sp³-hybridized carbons (Fsp3) is 0.462. The number of likely N-dealkylation sites (N-methyl/N-ethyl adjacent to an activating group) is 1. The first kappa shape index (κ1) is 15.0. The van der Waals surface area contributed by atoms with Crippen molar-refractivity contribution in [2.75, 3.05) is 26.7 Å². The van der Waals surface area contributed by atoms with Crippen molar-refractivity contribution < 1.29 is 18.3 Å². The van der Waals surface area contributed by atoms with Gasteiger partial charge in [0.05, 0.1) is 10.5 Å². The monoisotopic (exact) mass is 298 g/mol. The fourth-order valence-electron chi connectivity index (χ4n) is 2.41. The molecule has 1 N–H and O–H groups in total. The molecule has 1 fully saturated rings. The first-order valence-corrected chi connectivity index (χ1v) is 7.80. The van der Waals surface area contributed by atoms with Gasteiger partial charge < -0.3 is 10.0 Å². The lowest BCUT2D eigenvalue weighted by Crippen LogP contribution is -2.52. The van der Waals surface area contributed by atoms with Crippen LogP contribution in [0.3, 0.4) is 0 Å². The van der Waals surface area contributed by atoms with E-state index in [1.807, 2.05) is 14.0 Å². The first-order chi connectivity index (χ1) is 9.32. The summed E-state index contributed by atoms with van der Waals surface area (Å²) in [6, 6.07) is 5.36. The molecular formula is C13H18N2O4S. The van der Waals surface area contributed by atoms with Crippen LogP contribution in [0.5, 0.6) is 0 Å². The highest BCUT2D eigenvalue weighted by atomic mass is 32.2. The Hall–Kier alpha value is -1.44. The molecule has 0 amide bonds. The molecule has 2 rings (SSSR count). The van der Waals surface area contributed by atoms with E-state index in [1.54, 1.807) is 0 Å². The summed E-state index contributed by atoms with van der Waals surface area (Å²) in [4.78, 5) is 13.1. The number of carboxylic acid groups (broad SMARTS) is 1. The van der Waals surface area contributed by atoms with Crippen molar-refractivity contribution in [3.05, 3.63) is 29.8 Å². The van der Waals surface area contributed by atoms with Gasteiger partial charge >= 0.3 is 5.97 Å². The molecule has 1 aliphatic rings. The summed E-state index contributed by atoms with van der Waals surface area (Å²) in [5.74, 6) is -1.13. The number of piperazine rings is 1. The van der Waals surface area contributed by atoms with Crippen molar-refractivity contribution in [1.82, 2.24) is 9.21 Å². The second kappa shape index (κ2) is 5.51. The predicted octanol–water partition coefficient (Wildman–Crippen LogP) is 0.709. The molecule has 0 aromatic heterocycles. The standard InChI is InChI=1S/C13H18N2O4S/c1-10-9-14(2)6-7-15(10)20(18,19)12-5-3-4-11(8-12)13(16)17/h3-5,8,10H,6-7,9H2,1-2H3,(H,16,17). The van der Waals surface area contributed by atoms with Gasteiger partial charge in [0.1, 0.15) is 0 Å². The molecule has 7 heteroatoms. The van der Waals surface area contributed by atoms with Crippen molar-refractivity contribution >= 4 is 16.0 Å². The van der Waals surface area contributed by atoms with Gasteiger partial charge in [0.25, 0.3) is 0 Å². The van der Waals surface area contributed by atoms with Crippen molar-refractivity contribution in [3.8, 4) is 0 Å². The van der Waals surface area contributed by atoms with E-state index in [1.165, 1.54) is 28.6 Å². The number of sulfonamides is 1. The molecule has 110 valence electrons. The molecule has 1 saturated heterocycles. The summed E-state index contributed by atoms with van der Waals surface area (Å²) < 4.78 is 26.6. The van der Waals surface area contributed by atoms with Crippen LogP contribution in [0.4, 0.5) is 0 Å². The maximum atomic E-state index is 12.6. The van der Waals surface area contributed by atoms with Gasteiger partial charge in [-0.05, 0) is 32.2 Å². The summed E-state index contributed by atoms with van der Waals surface area (Å²) in [6.45, 7) is 3.60. The molecule has 1 atom stereocenters. The lowest BCUT2D eigenvalue weighted by Gasteiger charge is -2.37. The highest BCUT2D eigenvalue weighted by Crippen LogP contribution is 2.21. The zero-order valence-corrected chi connectivity index (χ0v) is 12.3. The number of carbonyl (C=O) groups is 1. The SMILES string of the molecule is CC1CN(C)CCN1S(=O)(=O)c1cccc(C(=O)O)c1. The normalized spacial score (nSPS) is 21.8. The maximum Gasteiger partial charge on any atom is 0.335 e. The molecule has 0 radical (unpaired) electrons. The quantitative estimate of drug-likeness (QED) is 0.889. The van der Waals surface area contributed by atoms with Crippen LogP contribution in [0.2, 0.25) is 0 Å². The number of rotatable bonds is 3. The molecule has 1 aliphatic heterocycles. The average Bonchev–Trinajstić information content (AvgIpc) is 2.38. The zero-order valence-electron chi connectivity index (χ0n) is 11.5. The minimum atomic E-state index is -3.65. The number of hydrogen-bond donors (Lipinski definition) is 1. The summed E-state index contributed by atoms with van der Waals surface area (Å²) in [6.07, 6.45) is 0. The molecule has 1 unspecified atom stereocenters. The number of benzene rings is 1.